The summed E-state index contributed by atoms with van der Waals surface area (Å²) in [4.78, 5) is 16.9. The lowest BCUT2D eigenvalue weighted by Crippen LogP contribution is -2.10. The number of aliphatic carboxylic acids is 1. The average molecular weight is 275 g/mol. The van der Waals surface area contributed by atoms with Crippen LogP contribution in [0.5, 0.6) is 0 Å². The number of pyridine rings is 1. The fourth-order valence-electron chi connectivity index (χ4n) is 1.66. The van der Waals surface area contributed by atoms with E-state index in [2.05, 4.69) is 15.4 Å². The first-order valence-electron chi connectivity index (χ1n) is 6.15. The molecule has 0 saturated carbocycles. The van der Waals surface area contributed by atoms with E-state index >= 15 is 0 Å². The number of nitrogens with one attached hydrogen (secondary N) is 1. The molecule has 0 aliphatic rings. The van der Waals surface area contributed by atoms with Gasteiger partial charge in [0.15, 0.2) is 0 Å². The van der Waals surface area contributed by atoms with Crippen molar-refractivity contribution in [3.63, 3.8) is 0 Å². The van der Waals surface area contributed by atoms with Crippen molar-refractivity contribution in [2.75, 3.05) is 24.3 Å². The maximum absolute atomic E-state index is 10.5. The van der Waals surface area contributed by atoms with E-state index < -0.39 is 5.97 Å². The van der Waals surface area contributed by atoms with E-state index in [-0.39, 0.29) is 6.54 Å². The quantitative estimate of drug-likeness (QED) is 0.819. The van der Waals surface area contributed by atoms with E-state index in [0.717, 1.165) is 17.1 Å². The van der Waals surface area contributed by atoms with Gasteiger partial charge in [0.25, 0.3) is 0 Å². The minimum atomic E-state index is -0.916. The van der Waals surface area contributed by atoms with Crippen molar-refractivity contribution in [2.45, 2.75) is 13.1 Å². The molecule has 0 bridgehead atoms. The summed E-state index contributed by atoms with van der Waals surface area (Å²) >= 11 is 0. The largest absolute Gasteiger partial charge is 0.480 e. The lowest BCUT2D eigenvalue weighted by atomic mass is 10.3. The van der Waals surface area contributed by atoms with Gasteiger partial charge in [0, 0.05) is 20.3 Å². The van der Waals surface area contributed by atoms with Gasteiger partial charge in [-0.3, -0.25) is 14.5 Å². The highest BCUT2D eigenvalue weighted by Crippen LogP contribution is 2.11. The molecule has 0 aliphatic heterocycles. The van der Waals surface area contributed by atoms with Crippen molar-refractivity contribution in [3.8, 4) is 0 Å². The maximum atomic E-state index is 10.5. The molecule has 0 saturated heterocycles. The molecule has 2 aromatic heterocycles. The normalized spacial score (nSPS) is 10.3. The smallest absolute Gasteiger partial charge is 0.325 e. The van der Waals surface area contributed by atoms with Crippen molar-refractivity contribution < 1.29 is 9.90 Å². The molecule has 2 rings (SSSR count). The van der Waals surface area contributed by atoms with Crippen LogP contribution in [0.4, 0.5) is 11.4 Å². The molecule has 7 nitrogen and oxygen atoms in total. The topological polar surface area (TPSA) is 83.3 Å². The maximum Gasteiger partial charge on any atom is 0.325 e. The van der Waals surface area contributed by atoms with E-state index in [4.69, 9.17) is 5.11 Å². The third kappa shape index (κ3) is 3.71. The van der Waals surface area contributed by atoms with Gasteiger partial charge in [-0.15, -0.1) is 0 Å². The Hall–Kier alpha value is -2.57. The summed E-state index contributed by atoms with van der Waals surface area (Å²) in [7, 11) is 3.93. The lowest BCUT2D eigenvalue weighted by molar-refractivity contribution is -0.137. The number of carboxylic acid groups (broad SMARTS) is 1. The Labute approximate surface area is 116 Å². The molecule has 0 atom stereocenters. The van der Waals surface area contributed by atoms with Crippen molar-refractivity contribution in [2.24, 2.45) is 0 Å². The summed E-state index contributed by atoms with van der Waals surface area (Å²) in [5.41, 5.74) is 2.72. The molecule has 0 fully saturated rings. The van der Waals surface area contributed by atoms with E-state index in [1.54, 1.807) is 12.4 Å². The molecular weight excluding hydrogens is 258 g/mol. The van der Waals surface area contributed by atoms with Gasteiger partial charge in [0.2, 0.25) is 0 Å². The monoisotopic (exact) mass is 275 g/mol. The van der Waals surface area contributed by atoms with Gasteiger partial charge in [-0.1, -0.05) is 0 Å². The zero-order valence-corrected chi connectivity index (χ0v) is 11.4. The number of hydrogen-bond donors (Lipinski definition) is 2. The first-order valence-corrected chi connectivity index (χ1v) is 6.15. The highest BCUT2D eigenvalue weighted by Gasteiger charge is 2.03. The van der Waals surface area contributed by atoms with Crippen LogP contribution < -0.4 is 10.2 Å². The Kier molecular flexibility index (Phi) is 4.19. The molecule has 0 amide bonds. The number of nitrogens with zero attached hydrogens (tertiary/aromatic N) is 4. The molecule has 0 spiro atoms. The van der Waals surface area contributed by atoms with Crippen molar-refractivity contribution in [1.29, 1.82) is 0 Å². The molecule has 2 N–H and O–H groups in total. The Balaban J connectivity index is 1.91. The summed E-state index contributed by atoms with van der Waals surface area (Å²) in [5, 5.41) is 15.8. The Morgan fingerprint density at radius 1 is 1.40 bits per heavy atom. The van der Waals surface area contributed by atoms with E-state index in [9.17, 15) is 4.79 Å². The van der Waals surface area contributed by atoms with Crippen molar-refractivity contribution >= 4 is 17.3 Å². The van der Waals surface area contributed by atoms with Gasteiger partial charge in [-0.2, -0.15) is 5.10 Å². The number of aromatic nitrogens is 3. The fourth-order valence-corrected chi connectivity index (χ4v) is 1.66. The Morgan fingerprint density at radius 2 is 2.20 bits per heavy atom. The Morgan fingerprint density at radius 3 is 2.80 bits per heavy atom. The van der Waals surface area contributed by atoms with Gasteiger partial charge in [-0.25, -0.2) is 0 Å². The van der Waals surface area contributed by atoms with Gasteiger partial charge >= 0.3 is 5.97 Å². The lowest BCUT2D eigenvalue weighted by Gasteiger charge is -2.12. The zero-order valence-electron chi connectivity index (χ0n) is 11.4. The van der Waals surface area contributed by atoms with Crippen LogP contribution in [0.3, 0.4) is 0 Å². The second kappa shape index (κ2) is 6.05. The zero-order chi connectivity index (χ0) is 14.5. The number of hydrogen-bond acceptors (Lipinski definition) is 5. The molecule has 2 heterocycles. The molecule has 20 heavy (non-hydrogen) atoms. The predicted molar refractivity (Wildman–Crippen MR) is 75.8 cm³/mol. The molecule has 7 heteroatoms. The van der Waals surface area contributed by atoms with Crippen LogP contribution in [0.1, 0.15) is 5.69 Å². The number of carboxylic acids is 1. The van der Waals surface area contributed by atoms with Gasteiger partial charge in [0.1, 0.15) is 6.54 Å². The first kappa shape index (κ1) is 13.9. The van der Waals surface area contributed by atoms with Crippen molar-refractivity contribution in [1.82, 2.24) is 14.8 Å². The SMILES string of the molecule is CN(C)c1ccc(CNc2cnn(CC(=O)O)c2)nc1. The standard InChI is InChI=1S/C13H17N5O2/c1-17(2)12-4-3-10(15-7-12)5-14-11-6-16-18(8-11)9-13(19)20/h3-4,6-8,14H,5,9H2,1-2H3,(H,19,20). The number of anilines is 2. The molecule has 2 aromatic rings. The van der Waals surface area contributed by atoms with Crippen LogP contribution in [0.2, 0.25) is 0 Å². The molecule has 0 aromatic carbocycles. The highest BCUT2D eigenvalue weighted by atomic mass is 16.4. The van der Waals surface area contributed by atoms with Crippen LogP contribution in [-0.4, -0.2) is 39.9 Å². The number of carbonyl (C=O) groups is 1. The van der Waals surface area contributed by atoms with E-state index in [0.29, 0.717) is 6.54 Å². The summed E-state index contributed by atoms with van der Waals surface area (Å²) < 4.78 is 1.37. The Bertz CT molecular complexity index is 577. The second-order valence-corrected chi connectivity index (χ2v) is 4.58. The third-order valence-corrected chi connectivity index (χ3v) is 2.73. The molecular formula is C13H17N5O2. The summed E-state index contributed by atoms with van der Waals surface area (Å²) in [6, 6.07) is 3.95. The average Bonchev–Trinajstić information content (AvgIpc) is 2.83. The highest BCUT2D eigenvalue weighted by molar-refractivity contribution is 5.66. The molecule has 0 unspecified atom stereocenters. The van der Waals surface area contributed by atoms with E-state index in [1.807, 2.05) is 37.3 Å². The first-order chi connectivity index (χ1) is 9.54. The van der Waals surface area contributed by atoms with Gasteiger partial charge < -0.3 is 15.3 Å². The summed E-state index contributed by atoms with van der Waals surface area (Å²) in [5.74, 6) is -0.916. The van der Waals surface area contributed by atoms with Crippen LogP contribution in [0, 0.1) is 0 Å². The van der Waals surface area contributed by atoms with Gasteiger partial charge in [0.05, 0.1) is 36.0 Å². The minimum Gasteiger partial charge on any atom is -0.480 e. The second-order valence-electron chi connectivity index (χ2n) is 4.58. The van der Waals surface area contributed by atoms with Crippen LogP contribution in [0.15, 0.2) is 30.7 Å². The fraction of sp³-hybridized carbons (Fsp3) is 0.308. The van der Waals surface area contributed by atoms with Gasteiger partial charge in [-0.05, 0) is 12.1 Å². The van der Waals surface area contributed by atoms with Crippen LogP contribution in [-0.2, 0) is 17.9 Å². The van der Waals surface area contributed by atoms with Crippen LogP contribution >= 0.6 is 0 Å². The molecule has 0 aliphatic carbocycles. The van der Waals surface area contributed by atoms with Crippen molar-refractivity contribution in [3.05, 3.63) is 36.4 Å². The summed E-state index contributed by atoms with van der Waals surface area (Å²) in [6.07, 6.45) is 5.06. The third-order valence-electron chi connectivity index (χ3n) is 2.73. The number of rotatable bonds is 6. The molecule has 0 radical (unpaired) electrons. The van der Waals surface area contributed by atoms with E-state index in [1.165, 1.54) is 4.68 Å². The minimum absolute atomic E-state index is 0.141. The summed E-state index contributed by atoms with van der Waals surface area (Å²) in [6.45, 7) is 0.421. The predicted octanol–water partition coefficient (Wildman–Crippen LogP) is 1.04. The molecule has 106 valence electrons. The van der Waals surface area contributed by atoms with Crippen LogP contribution in [0.25, 0.3) is 0 Å².